The number of anilines is 1. The lowest BCUT2D eigenvalue weighted by Crippen LogP contribution is -2.28. The molecule has 2 aliphatic heterocycles. The highest BCUT2D eigenvalue weighted by Gasteiger charge is 2.46. The van der Waals surface area contributed by atoms with Gasteiger partial charge in [0, 0.05) is 112 Å². The van der Waals surface area contributed by atoms with Crippen LogP contribution in [0, 0.1) is 0 Å². The summed E-state index contributed by atoms with van der Waals surface area (Å²) in [6.07, 6.45) is 10.0. The van der Waals surface area contributed by atoms with Crippen molar-refractivity contribution < 1.29 is 9.68 Å². The van der Waals surface area contributed by atoms with Gasteiger partial charge in [0.2, 0.25) is 5.69 Å². The largest absolute Gasteiger partial charge is 0.396 e. The first-order chi connectivity index (χ1) is 23.6. The normalized spacial score (nSPS) is 17.6. The monoisotopic (exact) mass is 649 g/mol. The number of benzene rings is 4. The van der Waals surface area contributed by atoms with E-state index in [2.05, 4.69) is 158 Å². The highest BCUT2D eigenvalue weighted by atomic mass is 16.3. The zero-order chi connectivity index (χ0) is 34.2. The lowest BCUT2D eigenvalue weighted by Gasteiger charge is -2.27. The van der Waals surface area contributed by atoms with Crippen molar-refractivity contribution in [2.75, 3.05) is 24.6 Å². The maximum Gasteiger partial charge on any atom is 0.210 e. The highest BCUT2D eigenvalue weighted by Crippen LogP contribution is 2.53. The molecule has 0 fully saturated rings. The fourth-order valence-corrected chi connectivity index (χ4v) is 9.24. The van der Waals surface area contributed by atoms with E-state index in [1.165, 1.54) is 77.5 Å². The summed E-state index contributed by atoms with van der Waals surface area (Å²) in [6.45, 7) is 13.8. The van der Waals surface area contributed by atoms with Crippen LogP contribution in [0.1, 0.15) is 65.0 Å². The van der Waals surface area contributed by atoms with Crippen molar-refractivity contribution in [2.45, 2.75) is 64.7 Å². The predicted octanol–water partition coefficient (Wildman–Crippen LogP) is 9.77. The predicted molar refractivity (Wildman–Crippen MR) is 208 cm³/mol. The Balaban J connectivity index is 1.28. The van der Waals surface area contributed by atoms with E-state index >= 15 is 0 Å². The topological polar surface area (TPSA) is 36.3 Å². The summed E-state index contributed by atoms with van der Waals surface area (Å²) in [5, 5.41) is 15.3. The Labute approximate surface area is 290 Å². The molecule has 0 amide bonds. The lowest BCUT2D eigenvalue weighted by atomic mass is 9.79. The Morgan fingerprint density at radius 2 is 1.33 bits per heavy atom. The molecule has 0 atom stereocenters. The molecule has 5 nitrogen and oxygen atoms in total. The van der Waals surface area contributed by atoms with Gasteiger partial charge in [0.25, 0.3) is 0 Å². The Bertz CT molecular complexity index is 2390. The van der Waals surface area contributed by atoms with Crippen molar-refractivity contribution in [3.63, 3.8) is 0 Å². The average Bonchev–Trinajstić information content (AvgIpc) is 3.71. The zero-order valence-corrected chi connectivity index (χ0v) is 30.1. The smallest absolute Gasteiger partial charge is 0.210 e. The minimum absolute atomic E-state index is 0.172. The van der Waals surface area contributed by atoms with Crippen LogP contribution in [-0.4, -0.2) is 44.2 Å². The molecule has 0 aliphatic carbocycles. The third-order valence-electron chi connectivity index (χ3n) is 11.6. The van der Waals surface area contributed by atoms with Gasteiger partial charge < -0.3 is 19.1 Å². The summed E-state index contributed by atoms with van der Waals surface area (Å²) in [4.78, 5) is 2.59. The number of nitrogens with zero attached hydrogens (tertiary/aromatic N) is 4. The molecule has 2 aromatic heterocycles. The molecule has 0 unspecified atom stereocenters. The van der Waals surface area contributed by atoms with Crippen molar-refractivity contribution in [3.05, 3.63) is 108 Å². The lowest BCUT2D eigenvalue weighted by molar-refractivity contribution is -0.438. The number of aromatic nitrogens is 2. The Morgan fingerprint density at radius 1 is 0.714 bits per heavy atom. The second-order valence-corrected chi connectivity index (χ2v) is 15.1. The summed E-state index contributed by atoms with van der Waals surface area (Å²) in [5.74, 6) is 0. The minimum Gasteiger partial charge on any atom is -0.396 e. The molecule has 4 aromatic carbocycles. The number of aryl methyl sites for hydroxylation is 2. The van der Waals surface area contributed by atoms with Gasteiger partial charge in [-0.3, -0.25) is 0 Å². The number of rotatable bonds is 8. The fraction of sp³-hybridized carbons (Fsp3) is 0.341. The number of aliphatic hydroxyl groups excluding tert-OH is 1. The van der Waals surface area contributed by atoms with Gasteiger partial charge in [0.05, 0.1) is 5.41 Å². The van der Waals surface area contributed by atoms with Gasteiger partial charge in [0.15, 0.2) is 12.3 Å². The SMILES string of the molecule is CCCCN1C(=CC=CC2=[N+](CCCO)c3ccc4c(c3C2(C)C)c2ccccc2n4C)C(C)(C)c2c1ccc1c2c2ccccc2n1C. The average molecular weight is 650 g/mol. The minimum atomic E-state index is -0.228. The Hall–Kier alpha value is -4.61. The van der Waals surface area contributed by atoms with E-state index in [4.69, 9.17) is 0 Å². The van der Waals surface area contributed by atoms with Crippen molar-refractivity contribution >= 4 is 60.7 Å². The quantitative estimate of drug-likeness (QED) is 0.167. The number of aliphatic hydroxyl groups is 1. The molecule has 8 rings (SSSR count). The molecule has 6 aromatic rings. The second kappa shape index (κ2) is 11.5. The third kappa shape index (κ3) is 4.44. The van der Waals surface area contributed by atoms with Crippen molar-refractivity contribution in [1.29, 1.82) is 0 Å². The van der Waals surface area contributed by atoms with E-state index < -0.39 is 0 Å². The molecular weight excluding hydrogens is 601 g/mol. The van der Waals surface area contributed by atoms with Crippen LogP contribution in [-0.2, 0) is 24.9 Å². The maximum atomic E-state index is 9.94. The van der Waals surface area contributed by atoms with Gasteiger partial charge in [-0.2, -0.15) is 4.58 Å². The first-order valence-corrected chi connectivity index (χ1v) is 18.1. The number of fused-ring (bicyclic) bond motifs is 10. The molecule has 4 heterocycles. The van der Waals surface area contributed by atoms with Gasteiger partial charge in [-0.1, -0.05) is 69.7 Å². The maximum absolute atomic E-state index is 9.94. The van der Waals surface area contributed by atoms with Crippen LogP contribution in [0.3, 0.4) is 0 Å². The van der Waals surface area contributed by atoms with E-state index in [0.29, 0.717) is 0 Å². The van der Waals surface area contributed by atoms with Gasteiger partial charge >= 0.3 is 0 Å². The first-order valence-electron chi connectivity index (χ1n) is 18.1. The van der Waals surface area contributed by atoms with Crippen molar-refractivity contribution in [2.24, 2.45) is 14.1 Å². The van der Waals surface area contributed by atoms with Crippen molar-refractivity contribution in [3.8, 4) is 0 Å². The fourth-order valence-electron chi connectivity index (χ4n) is 9.24. The van der Waals surface area contributed by atoms with Crippen LogP contribution >= 0.6 is 0 Å². The number of para-hydroxylation sites is 2. The van der Waals surface area contributed by atoms with E-state index in [0.717, 1.165) is 32.4 Å². The van der Waals surface area contributed by atoms with Crippen LogP contribution in [0.25, 0.3) is 43.6 Å². The van der Waals surface area contributed by atoms with E-state index in [1.807, 2.05) is 0 Å². The zero-order valence-electron chi connectivity index (χ0n) is 30.1. The molecule has 0 bridgehead atoms. The highest BCUT2D eigenvalue weighted by molar-refractivity contribution is 6.16. The van der Waals surface area contributed by atoms with E-state index in [9.17, 15) is 5.11 Å². The molecule has 250 valence electrons. The summed E-state index contributed by atoms with van der Waals surface area (Å²) >= 11 is 0. The van der Waals surface area contributed by atoms with Crippen LogP contribution in [0.2, 0.25) is 0 Å². The van der Waals surface area contributed by atoms with Gasteiger partial charge in [-0.25, -0.2) is 0 Å². The summed E-state index contributed by atoms with van der Waals surface area (Å²) in [7, 11) is 4.37. The van der Waals surface area contributed by atoms with Crippen molar-refractivity contribution in [1.82, 2.24) is 9.13 Å². The first kappa shape index (κ1) is 31.6. The molecule has 5 heteroatoms. The number of hydrogen-bond acceptors (Lipinski definition) is 2. The van der Waals surface area contributed by atoms with Gasteiger partial charge in [-0.05, 0) is 62.2 Å². The molecule has 0 radical (unpaired) electrons. The summed E-state index contributed by atoms with van der Waals surface area (Å²) < 4.78 is 7.14. The number of unbranched alkanes of at least 4 members (excludes halogenated alkanes) is 1. The number of allylic oxidation sites excluding steroid dienone is 4. The Morgan fingerprint density at radius 3 is 1.96 bits per heavy atom. The van der Waals surface area contributed by atoms with Crippen LogP contribution in [0.4, 0.5) is 11.4 Å². The van der Waals surface area contributed by atoms with Crippen LogP contribution in [0.5, 0.6) is 0 Å². The standard InChI is InChI=1S/C44H49N4O/c1-8-9-26-47-35-24-22-33-39(29-16-10-12-18-31(29)45(33)6)41(35)43(2,3)37(47)20-14-21-38-44(4,5)42-36(48(38)27-15-28-49)25-23-34-40(42)30-17-11-13-19-32(30)46(34)7/h10-14,16-25,49H,8-9,15,26-28H2,1-7H3/q+1. The van der Waals surface area contributed by atoms with Gasteiger partial charge in [0.1, 0.15) is 0 Å². The van der Waals surface area contributed by atoms with E-state index in [-0.39, 0.29) is 17.4 Å². The molecule has 2 aliphatic rings. The molecule has 1 N–H and O–H groups in total. The summed E-state index contributed by atoms with van der Waals surface area (Å²) in [5.41, 5.74) is 12.7. The third-order valence-corrected chi connectivity index (χ3v) is 11.6. The molecular formula is C44H49N4O+. The molecule has 49 heavy (non-hydrogen) atoms. The van der Waals surface area contributed by atoms with Gasteiger partial charge in [-0.15, -0.1) is 0 Å². The van der Waals surface area contributed by atoms with E-state index in [1.54, 1.807) is 0 Å². The van der Waals surface area contributed by atoms with Crippen LogP contribution in [0.15, 0.2) is 96.7 Å². The Kier molecular flexibility index (Phi) is 7.42. The molecule has 0 saturated carbocycles. The number of hydrogen-bond donors (Lipinski definition) is 1. The molecule has 0 saturated heterocycles. The molecule has 0 spiro atoms. The van der Waals surface area contributed by atoms with Crippen LogP contribution < -0.4 is 4.90 Å². The second-order valence-electron chi connectivity index (χ2n) is 15.1. The summed E-state index contributed by atoms with van der Waals surface area (Å²) in [6, 6.07) is 26.9.